The second-order valence-corrected chi connectivity index (χ2v) is 6.40. The molecule has 2 aromatic heterocycles. The molecule has 0 atom stereocenters. The molecule has 28 heavy (non-hydrogen) atoms. The van der Waals surface area contributed by atoms with Crippen LogP contribution in [0.25, 0.3) is 16.6 Å². The summed E-state index contributed by atoms with van der Waals surface area (Å²) in [6.07, 6.45) is 0. The van der Waals surface area contributed by atoms with E-state index in [1.165, 1.54) is 11.0 Å². The highest BCUT2D eigenvalue weighted by Gasteiger charge is 2.18. The van der Waals surface area contributed by atoms with Crippen LogP contribution < -0.4 is 10.5 Å². The number of aromatic carboxylic acids is 1. The van der Waals surface area contributed by atoms with Gasteiger partial charge in [0.2, 0.25) is 0 Å². The van der Waals surface area contributed by atoms with Gasteiger partial charge in [-0.25, -0.2) is 4.79 Å². The van der Waals surface area contributed by atoms with Gasteiger partial charge >= 0.3 is 5.97 Å². The summed E-state index contributed by atoms with van der Waals surface area (Å²) in [7, 11) is 3.36. The second-order valence-electron chi connectivity index (χ2n) is 6.40. The standard InChI is InChI=1S/C20H16N4O4/c1-22(18(25)12-6-4-3-5-7-12)13-8-9-16-14(10-13)19(26)24-17(23(16)2)11-15(21-24)20(27)28/h3-11H,1-2H3,(H,27,28). The number of rotatable bonds is 3. The van der Waals surface area contributed by atoms with Gasteiger partial charge in [-0.1, -0.05) is 18.2 Å². The fourth-order valence-electron chi connectivity index (χ4n) is 3.19. The summed E-state index contributed by atoms with van der Waals surface area (Å²) in [6.45, 7) is 0. The van der Waals surface area contributed by atoms with Gasteiger partial charge in [0.15, 0.2) is 5.69 Å². The van der Waals surface area contributed by atoms with Crippen molar-refractivity contribution in [2.24, 2.45) is 7.05 Å². The van der Waals surface area contributed by atoms with Gasteiger partial charge in [0, 0.05) is 31.4 Å². The van der Waals surface area contributed by atoms with Crippen LogP contribution in [-0.2, 0) is 7.05 Å². The van der Waals surface area contributed by atoms with E-state index in [0.29, 0.717) is 27.8 Å². The van der Waals surface area contributed by atoms with Crippen molar-refractivity contribution in [1.29, 1.82) is 0 Å². The van der Waals surface area contributed by atoms with E-state index in [4.69, 9.17) is 5.11 Å². The lowest BCUT2D eigenvalue weighted by molar-refractivity contribution is 0.0690. The van der Waals surface area contributed by atoms with Crippen molar-refractivity contribution < 1.29 is 14.7 Å². The molecule has 0 radical (unpaired) electrons. The minimum absolute atomic E-state index is 0.204. The third-order valence-corrected chi connectivity index (χ3v) is 4.73. The van der Waals surface area contributed by atoms with Crippen LogP contribution in [0.5, 0.6) is 0 Å². The fraction of sp³-hybridized carbons (Fsp3) is 0.100. The first-order valence-corrected chi connectivity index (χ1v) is 8.47. The number of nitrogens with zero attached hydrogens (tertiary/aromatic N) is 4. The summed E-state index contributed by atoms with van der Waals surface area (Å²) in [6, 6.07) is 15.3. The number of carboxylic acids is 1. The number of benzene rings is 2. The first-order valence-electron chi connectivity index (χ1n) is 8.47. The predicted molar refractivity (Wildman–Crippen MR) is 104 cm³/mol. The van der Waals surface area contributed by atoms with E-state index in [9.17, 15) is 14.4 Å². The molecule has 0 saturated heterocycles. The van der Waals surface area contributed by atoms with Crippen LogP contribution in [0, 0.1) is 0 Å². The first kappa shape index (κ1) is 17.5. The van der Waals surface area contributed by atoms with E-state index in [-0.39, 0.29) is 11.6 Å². The molecular weight excluding hydrogens is 360 g/mol. The average molecular weight is 376 g/mol. The molecule has 0 fully saturated rings. The van der Waals surface area contributed by atoms with Crippen LogP contribution >= 0.6 is 0 Å². The Balaban J connectivity index is 1.88. The molecule has 0 aliphatic rings. The minimum Gasteiger partial charge on any atom is -0.476 e. The number of aromatic nitrogens is 3. The van der Waals surface area contributed by atoms with E-state index in [2.05, 4.69) is 5.10 Å². The summed E-state index contributed by atoms with van der Waals surface area (Å²) >= 11 is 0. The van der Waals surface area contributed by atoms with Gasteiger partial charge in [0.1, 0.15) is 5.65 Å². The molecule has 0 unspecified atom stereocenters. The number of fused-ring (bicyclic) bond motifs is 2. The average Bonchev–Trinajstić information content (AvgIpc) is 3.17. The maximum absolute atomic E-state index is 12.9. The topological polar surface area (TPSA) is 96.9 Å². The smallest absolute Gasteiger partial charge is 0.356 e. The quantitative estimate of drug-likeness (QED) is 0.591. The largest absolute Gasteiger partial charge is 0.476 e. The van der Waals surface area contributed by atoms with Gasteiger partial charge in [-0.05, 0) is 30.3 Å². The maximum Gasteiger partial charge on any atom is 0.356 e. The molecule has 8 nitrogen and oxygen atoms in total. The molecular formula is C20H16N4O4. The number of carbonyl (C=O) groups excluding carboxylic acids is 1. The Kier molecular flexibility index (Phi) is 3.96. The lowest BCUT2D eigenvalue weighted by atomic mass is 10.1. The Labute approximate surface area is 158 Å². The molecule has 8 heteroatoms. The van der Waals surface area contributed by atoms with Crippen LogP contribution in [0.4, 0.5) is 5.69 Å². The van der Waals surface area contributed by atoms with Crippen LogP contribution in [0.3, 0.4) is 0 Å². The Morgan fingerprint density at radius 1 is 1.07 bits per heavy atom. The van der Waals surface area contributed by atoms with Crippen LogP contribution in [0.1, 0.15) is 20.8 Å². The Bertz CT molecular complexity index is 1300. The predicted octanol–water partition coefficient (Wildman–Crippen LogP) is 2.16. The highest BCUT2D eigenvalue weighted by molar-refractivity contribution is 6.06. The normalized spacial score (nSPS) is 11.1. The molecule has 4 aromatic rings. The van der Waals surface area contributed by atoms with Crippen molar-refractivity contribution in [3.63, 3.8) is 0 Å². The molecule has 0 saturated carbocycles. The molecule has 1 N–H and O–H groups in total. The second kappa shape index (κ2) is 6.34. The summed E-state index contributed by atoms with van der Waals surface area (Å²) in [4.78, 5) is 38.2. The minimum atomic E-state index is -1.21. The van der Waals surface area contributed by atoms with Gasteiger partial charge in [0.05, 0.1) is 10.9 Å². The number of carboxylic acid groups (broad SMARTS) is 1. The van der Waals surface area contributed by atoms with Gasteiger partial charge < -0.3 is 14.6 Å². The highest BCUT2D eigenvalue weighted by Crippen LogP contribution is 2.22. The number of carbonyl (C=O) groups is 2. The molecule has 0 spiro atoms. The van der Waals surface area contributed by atoms with Gasteiger partial charge in [-0.3, -0.25) is 9.59 Å². The van der Waals surface area contributed by atoms with E-state index < -0.39 is 11.5 Å². The van der Waals surface area contributed by atoms with Crippen molar-refractivity contribution in [3.8, 4) is 0 Å². The number of anilines is 1. The van der Waals surface area contributed by atoms with E-state index in [0.717, 1.165) is 4.52 Å². The maximum atomic E-state index is 12.9. The fourth-order valence-corrected chi connectivity index (χ4v) is 3.19. The molecule has 2 aromatic carbocycles. The third kappa shape index (κ3) is 2.62. The van der Waals surface area contributed by atoms with Gasteiger partial charge in [-0.2, -0.15) is 9.61 Å². The lowest BCUT2D eigenvalue weighted by Crippen LogP contribution is -2.26. The first-order chi connectivity index (χ1) is 13.4. The molecule has 0 bridgehead atoms. The monoisotopic (exact) mass is 376 g/mol. The summed E-state index contributed by atoms with van der Waals surface area (Å²) in [5, 5.41) is 13.4. The van der Waals surface area contributed by atoms with Crippen molar-refractivity contribution in [2.75, 3.05) is 11.9 Å². The van der Waals surface area contributed by atoms with E-state index >= 15 is 0 Å². The number of hydrogen-bond donors (Lipinski definition) is 1. The van der Waals surface area contributed by atoms with Crippen molar-refractivity contribution in [3.05, 3.63) is 76.2 Å². The Morgan fingerprint density at radius 3 is 2.46 bits per heavy atom. The van der Waals surface area contributed by atoms with Crippen molar-refractivity contribution in [1.82, 2.24) is 14.2 Å². The number of aryl methyl sites for hydroxylation is 1. The summed E-state index contributed by atoms with van der Waals surface area (Å²) < 4.78 is 2.76. The Hall–Kier alpha value is -3.94. The van der Waals surface area contributed by atoms with Crippen LogP contribution in [0.15, 0.2) is 59.4 Å². The van der Waals surface area contributed by atoms with E-state index in [1.807, 2.05) is 6.07 Å². The third-order valence-electron chi connectivity index (χ3n) is 4.73. The molecule has 4 rings (SSSR count). The van der Waals surface area contributed by atoms with Gasteiger partial charge in [-0.15, -0.1) is 0 Å². The van der Waals surface area contributed by atoms with Gasteiger partial charge in [0.25, 0.3) is 11.5 Å². The van der Waals surface area contributed by atoms with E-state index in [1.54, 1.807) is 61.1 Å². The van der Waals surface area contributed by atoms with Crippen molar-refractivity contribution >= 4 is 34.1 Å². The highest BCUT2D eigenvalue weighted by atomic mass is 16.4. The molecule has 140 valence electrons. The summed E-state index contributed by atoms with van der Waals surface area (Å²) in [5.41, 5.74) is 1.41. The summed E-state index contributed by atoms with van der Waals surface area (Å²) in [5.74, 6) is -1.41. The molecule has 0 aliphatic carbocycles. The molecule has 1 amide bonds. The zero-order valence-corrected chi connectivity index (χ0v) is 15.2. The number of hydrogen-bond acceptors (Lipinski definition) is 4. The van der Waals surface area contributed by atoms with Crippen LogP contribution in [0.2, 0.25) is 0 Å². The van der Waals surface area contributed by atoms with Crippen molar-refractivity contribution in [2.45, 2.75) is 0 Å². The molecule has 2 heterocycles. The van der Waals surface area contributed by atoms with Crippen LogP contribution in [-0.4, -0.2) is 38.2 Å². The lowest BCUT2D eigenvalue weighted by Gasteiger charge is -2.18. The molecule has 0 aliphatic heterocycles. The SMILES string of the molecule is CN(C(=O)c1ccccc1)c1ccc2c(c1)c(=O)n1nc(C(=O)O)cc1n2C. The zero-order chi connectivity index (χ0) is 20.0. The number of amides is 1. The zero-order valence-electron chi connectivity index (χ0n) is 15.2. The Morgan fingerprint density at radius 2 is 1.79 bits per heavy atom.